The number of carbonyl (C=O) groups is 1. The molecule has 134 valence electrons. The molecule has 0 aliphatic heterocycles. The smallest absolute Gasteiger partial charge is 0.269 e. The minimum Gasteiger partial charge on any atom is -0.350 e. The monoisotopic (exact) mass is 359 g/mol. The summed E-state index contributed by atoms with van der Waals surface area (Å²) in [5, 5.41) is 7.14. The molecule has 0 bridgehead atoms. The van der Waals surface area contributed by atoms with Gasteiger partial charge in [-0.05, 0) is 24.3 Å². The first-order valence-electron chi connectivity index (χ1n) is 8.51. The van der Waals surface area contributed by atoms with Crippen LogP contribution < -0.4 is 10.9 Å². The van der Waals surface area contributed by atoms with Gasteiger partial charge in [-0.1, -0.05) is 30.3 Å². The lowest BCUT2D eigenvalue weighted by Crippen LogP contribution is -2.32. The number of benzene rings is 2. The second-order valence-electron chi connectivity index (χ2n) is 6.08. The number of amides is 1. The number of rotatable bonds is 5. The third-order valence-electron chi connectivity index (χ3n) is 4.20. The summed E-state index contributed by atoms with van der Waals surface area (Å²) in [5.74, 6) is -0.249. The highest BCUT2D eigenvalue weighted by Crippen LogP contribution is 2.09. The first kappa shape index (κ1) is 16.7. The number of hydrogen-bond acceptors (Lipinski definition) is 4. The summed E-state index contributed by atoms with van der Waals surface area (Å²) in [7, 11) is 0. The van der Waals surface area contributed by atoms with Crippen LogP contribution in [0.3, 0.4) is 0 Å². The van der Waals surface area contributed by atoms with Crippen LogP contribution in [0.1, 0.15) is 5.56 Å². The molecular weight excluding hydrogens is 342 g/mol. The van der Waals surface area contributed by atoms with Crippen molar-refractivity contribution in [2.24, 2.45) is 0 Å². The maximum atomic E-state index is 12.3. The third-order valence-corrected chi connectivity index (χ3v) is 4.20. The van der Waals surface area contributed by atoms with Gasteiger partial charge in [-0.3, -0.25) is 14.2 Å². The lowest BCUT2D eigenvalue weighted by Gasteiger charge is -2.09. The van der Waals surface area contributed by atoms with Crippen LogP contribution in [-0.4, -0.2) is 25.2 Å². The summed E-state index contributed by atoms with van der Waals surface area (Å²) < 4.78 is 3.17. The van der Waals surface area contributed by atoms with Crippen LogP contribution in [0, 0.1) is 0 Å². The average Bonchev–Trinajstić information content (AvgIpc) is 3.18. The van der Waals surface area contributed by atoms with E-state index < -0.39 is 0 Å². The van der Waals surface area contributed by atoms with Gasteiger partial charge in [0.2, 0.25) is 5.91 Å². The van der Waals surface area contributed by atoms with Crippen LogP contribution in [-0.2, 0) is 17.9 Å². The van der Waals surface area contributed by atoms with Gasteiger partial charge < -0.3 is 5.32 Å². The van der Waals surface area contributed by atoms with E-state index in [2.05, 4.69) is 15.4 Å². The van der Waals surface area contributed by atoms with E-state index in [1.165, 1.54) is 10.8 Å². The minimum absolute atomic E-state index is 0.0608. The summed E-state index contributed by atoms with van der Waals surface area (Å²) in [6.07, 6.45) is 4.81. The summed E-state index contributed by atoms with van der Waals surface area (Å²) in [6.45, 7) is 0.276. The highest BCUT2D eigenvalue weighted by atomic mass is 16.2. The van der Waals surface area contributed by atoms with Gasteiger partial charge in [-0.25, -0.2) is 9.67 Å². The molecule has 1 N–H and O–H groups in total. The standard InChI is InChI=1S/C20H17N5O2/c26-19(14-24-18-9-5-4-8-17(18)21-12-20(24)27)22-10-15-11-23-25(13-15)16-6-2-1-3-7-16/h1-9,11-13H,10,14H2,(H,22,26). The van der Waals surface area contributed by atoms with Gasteiger partial charge in [0, 0.05) is 18.3 Å². The van der Waals surface area contributed by atoms with E-state index in [4.69, 9.17) is 0 Å². The van der Waals surface area contributed by atoms with Crippen LogP contribution >= 0.6 is 0 Å². The Kier molecular flexibility index (Phi) is 4.49. The summed E-state index contributed by atoms with van der Waals surface area (Å²) in [6, 6.07) is 17.0. The van der Waals surface area contributed by atoms with Crippen LogP contribution in [0.25, 0.3) is 16.7 Å². The van der Waals surface area contributed by atoms with Crippen molar-refractivity contribution >= 4 is 16.9 Å². The maximum Gasteiger partial charge on any atom is 0.269 e. The quantitative estimate of drug-likeness (QED) is 0.590. The first-order valence-corrected chi connectivity index (χ1v) is 8.51. The molecule has 27 heavy (non-hydrogen) atoms. The Hall–Kier alpha value is -3.74. The highest BCUT2D eigenvalue weighted by molar-refractivity contribution is 5.79. The summed E-state index contributed by atoms with van der Waals surface area (Å²) >= 11 is 0. The molecule has 4 aromatic rings. The van der Waals surface area contributed by atoms with Crippen molar-refractivity contribution in [2.45, 2.75) is 13.1 Å². The van der Waals surface area contributed by atoms with Crippen LogP contribution in [0.15, 0.2) is 78.0 Å². The van der Waals surface area contributed by atoms with Crippen molar-refractivity contribution in [3.05, 3.63) is 89.1 Å². The predicted molar refractivity (Wildman–Crippen MR) is 101 cm³/mol. The van der Waals surface area contributed by atoms with Gasteiger partial charge in [0.1, 0.15) is 6.54 Å². The van der Waals surface area contributed by atoms with Crippen LogP contribution in [0.4, 0.5) is 0 Å². The van der Waals surface area contributed by atoms with Crippen LogP contribution in [0.2, 0.25) is 0 Å². The van der Waals surface area contributed by atoms with Crippen molar-refractivity contribution in [3.8, 4) is 5.69 Å². The Bertz CT molecular complexity index is 1150. The molecular formula is C20H17N5O2. The van der Waals surface area contributed by atoms with E-state index in [0.717, 1.165) is 11.3 Å². The van der Waals surface area contributed by atoms with Gasteiger partial charge >= 0.3 is 0 Å². The molecule has 2 aromatic carbocycles. The van der Waals surface area contributed by atoms with Crippen molar-refractivity contribution in [1.82, 2.24) is 24.6 Å². The Morgan fingerprint density at radius 2 is 1.78 bits per heavy atom. The number of hydrogen-bond donors (Lipinski definition) is 1. The summed E-state index contributed by atoms with van der Waals surface area (Å²) in [4.78, 5) is 28.5. The SMILES string of the molecule is O=C(Cn1c(=O)cnc2ccccc21)NCc1cnn(-c2ccccc2)c1. The number of fused-ring (bicyclic) bond motifs is 1. The molecule has 4 rings (SSSR count). The zero-order valence-corrected chi connectivity index (χ0v) is 14.4. The third kappa shape index (κ3) is 3.62. The molecule has 0 unspecified atom stereocenters. The molecule has 0 atom stereocenters. The van der Waals surface area contributed by atoms with Gasteiger partial charge in [0.15, 0.2) is 0 Å². The van der Waals surface area contributed by atoms with E-state index in [-0.39, 0.29) is 18.0 Å². The zero-order valence-electron chi connectivity index (χ0n) is 14.4. The fourth-order valence-electron chi connectivity index (χ4n) is 2.85. The van der Waals surface area contributed by atoms with Gasteiger partial charge in [0.05, 0.1) is 29.1 Å². The first-order chi connectivity index (χ1) is 13.2. The molecule has 1 amide bonds. The number of aromatic nitrogens is 4. The van der Waals surface area contributed by atoms with E-state index in [1.54, 1.807) is 23.0 Å². The fourth-order valence-corrected chi connectivity index (χ4v) is 2.85. The molecule has 0 aliphatic rings. The molecule has 0 saturated heterocycles. The molecule has 0 radical (unpaired) electrons. The summed E-state index contributed by atoms with van der Waals surface area (Å²) in [5.41, 5.74) is 2.83. The molecule has 2 aromatic heterocycles. The van der Waals surface area contributed by atoms with Crippen molar-refractivity contribution < 1.29 is 4.79 Å². The molecule has 0 fully saturated rings. The van der Waals surface area contributed by atoms with E-state index in [9.17, 15) is 9.59 Å². The Balaban J connectivity index is 1.45. The second-order valence-corrected chi connectivity index (χ2v) is 6.08. The van der Waals surface area contributed by atoms with Crippen molar-refractivity contribution in [1.29, 1.82) is 0 Å². The largest absolute Gasteiger partial charge is 0.350 e. The normalized spacial score (nSPS) is 10.8. The fraction of sp³-hybridized carbons (Fsp3) is 0.100. The van der Waals surface area contributed by atoms with Crippen LogP contribution in [0.5, 0.6) is 0 Å². The van der Waals surface area contributed by atoms with E-state index in [1.807, 2.05) is 48.7 Å². The van der Waals surface area contributed by atoms with Gasteiger partial charge in [-0.15, -0.1) is 0 Å². The number of nitrogens with zero attached hydrogens (tertiary/aromatic N) is 4. The maximum absolute atomic E-state index is 12.3. The van der Waals surface area contributed by atoms with Gasteiger partial charge in [-0.2, -0.15) is 5.10 Å². The van der Waals surface area contributed by atoms with E-state index in [0.29, 0.717) is 17.6 Å². The van der Waals surface area contributed by atoms with Crippen molar-refractivity contribution in [3.63, 3.8) is 0 Å². The highest BCUT2D eigenvalue weighted by Gasteiger charge is 2.09. The second kappa shape index (κ2) is 7.25. The molecule has 7 nitrogen and oxygen atoms in total. The number of nitrogens with one attached hydrogen (secondary N) is 1. The number of carbonyl (C=O) groups excluding carboxylic acids is 1. The average molecular weight is 359 g/mol. The predicted octanol–water partition coefficient (Wildman–Crippen LogP) is 1.90. The number of para-hydroxylation sites is 3. The molecule has 0 spiro atoms. The molecule has 2 heterocycles. The Morgan fingerprint density at radius 1 is 1.00 bits per heavy atom. The lowest BCUT2D eigenvalue weighted by atomic mass is 10.3. The molecule has 0 saturated carbocycles. The van der Waals surface area contributed by atoms with Crippen molar-refractivity contribution in [2.75, 3.05) is 0 Å². The topological polar surface area (TPSA) is 81.8 Å². The minimum atomic E-state index is -0.305. The molecule has 0 aliphatic carbocycles. The Morgan fingerprint density at radius 3 is 2.63 bits per heavy atom. The van der Waals surface area contributed by atoms with Gasteiger partial charge in [0.25, 0.3) is 5.56 Å². The van der Waals surface area contributed by atoms with E-state index >= 15 is 0 Å². The Labute approximate surface area is 154 Å². The zero-order chi connectivity index (χ0) is 18.6. The molecule has 7 heteroatoms. The lowest BCUT2D eigenvalue weighted by molar-refractivity contribution is -0.121.